The predicted molar refractivity (Wildman–Crippen MR) is 122 cm³/mol. The van der Waals surface area contributed by atoms with E-state index in [9.17, 15) is 14.7 Å². The molecule has 7 rings (SSSR count). The van der Waals surface area contributed by atoms with Crippen molar-refractivity contribution in [3.8, 4) is 0 Å². The third-order valence-electron chi connectivity index (χ3n) is 8.52. The minimum Gasteiger partial charge on any atom is -0.464 e. The number of aliphatic hydroxyl groups excluding tert-OH is 1. The number of nitrogen functional groups attached to an aromatic ring is 1. The number of amides is 1. The summed E-state index contributed by atoms with van der Waals surface area (Å²) in [5, 5.41) is 10.3. The first-order valence-electron chi connectivity index (χ1n) is 12.5. The maximum absolute atomic E-state index is 13.8. The van der Waals surface area contributed by atoms with E-state index < -0.39 is 18.1 Å². The lowest BCUT2D eigenvalue weighted by atomic mass is 9.49. The Morgan fingerprint density at radius 2 is 1.79 bits per heavy atom. The fraction of sp³-hybridized carbons (Fsp3) is 0.708. The zero-order valence-corrected chi connectivity index (χ0v) is 19.3. The lowest BCUT2D eigenvalue weighted by Crippen LogP contribution is -2.56. The fourth-order valence-corrected chi connectivity index (χ4v) is 7.51. The van der Waals surface area contributed by atoms with Crippen LogP contribution in [0.5, 0.6) is 0 Å². The Morgan fingerprint density at radius 1 is 1.09 bits per heavy atom. The van der Waals surface area contributed by atoms with Crippen LogP contribution in [-0.4, -0.2) is 66.7 Å². The molecule has 4 saturated carbocycles. The van der Waals surface area contributed by atoms with E-state index in [-0.39, 0.29) is 30.9 Å². The third kappa shape index (κ3) is 3.62. The Bertz CT molecular complexity index is 1080. The van der Waals surface area contributed by atoms with E-state index >= 15 is 0 Å². The topological polar surface area (TPSA) is 136 Å². The number of fused-ring (bicyclic) bond motifs is 1. The van der Waals surface area contributed by atoms with Gasteiger partial charge in [-0.05, 0) is 62.7 Å². The molecule has 0 radical (unpaired) electrons. The molecule has 4 bridgehead atoms. The van der Waals surface area contributed by atoms with Crippen LogP contribution < -0.4 is 5.73 Å². The SMILES string of the molecule is Nc1ncnc2c1ncn2CCCOC(=O)[C@@H]1CC(O)CN1C(=O)C12CC3CC(CC(C3)C1)C2. The maximum atomic E-state index is 13.8. The van der Waals surface area contributed by atoms with E-state index in [4.69, 9.17) is 10.5 Å². The van der Waals surface area contributed by atoms with Crippen molar-refractivity contribution >= 4 is 28.9 Å². The molecule has 1 aliphatic heterocycles. The highest BCUT2D eigenvalue weighted by molar-refractivity contribution is 5.89. The number of esters is 1. The standard InChI is InChI=1S/C24H32N6O4/c25-20-19-21(27-12-26-20)29(13-28-19)2-1-3-34-22(32)18-7-17(31)11-30(18)23(33)24-8-14-4-15(9-24)6-16(5-14)10-24/h12-18,31H,1-11H2,(H2,25,26,27)/t14?,15?,16?,17?,18-,24?/m0/s1. The molecule has 10 heteroatoms. The molecule has 1 unspecified atom stereocenters. The van der Waals surface area contributed by atoms with Gasteiger partial charge in [0.15, 0.2) is 11.5 Å². The molecule has 34 heavy (non-hydrogen) atoms. The van der Waals surface area contributed by atoms with Gasteiger partial charge in [-0.25, -0.2) is 19.7 Å². The molecule has 4 aliphatic carbocycles. The first-order valence-corrected chi connectivity index (χ1v) is 12.5. The quantitative estimate of drug-likeness (QED) is 0.481. The molecule has 1 amide bonds. The molecule has 5 fully saturated rings. The highest BCUT2D eigenvalue weighted by atomic mass is 16.5. The van der Waals surface area contributed by atoms with Gasteiger partial charge in [0.05, 0.1) is 24.5 Å². The van der Waals surface area contributed by atoms with Crippen molar-refractivity contribution in [3.05, 3.63) is 12.7 Å². The Morgan fingerprint density at radius 3 is 2.50 bits per heavy atom. The number of nitrogens with two attached hydrogens (primary N) is 1. The van der Waals surface area contributed by atoms with E-state index in [1.165, 1.54) is 25.6 Å². The van der Waals surface area contributed by atoms with Gasteiger partial charge >= 0.3 is 5.97 Å². The Balaban J connectivity index is 1.08. The highest BCUT2D eigenvalue weighted by Gasteiger charge is 2.57. The van der Waals surface area contributed by atoms with Gasteiger partial charge in [-0.3, -0.25) is 4.79 Å². The number of β-amino-alcohol motifs (C(OH)–C–C–N with tert-alkyl or cyclic N) is 1. The van der Waals surface area contributed by atoms with E-state index in [0.717, 1.165) is 19.3 Å². The van der Waals surface area contributed by atoms with E-state index in [2.05, 4.69) is 15.0 Å². The van der Waals surface area contributed by atoms with E-state index in [0.29, 0.717) is 47.7 Å². The number of carbonyl (C=O) groups is 2. The summed E-state index contributed by atoms with van der Waals surface area (Å²) in [6.45, 7) is 0.997. The summed E-state index contributed by atoms with van der Waals surface area (Å²) in [6.07, 6.45) is 9.78. The number of aromatic nitrogens is 4. The van der Waals surface area contributed by atoms with Crippen LogP contribution in [0.15, 0.2) is 12.7 Å². The van der Waals surface area contributed by atoms with Crippen LogP contribution in [0.4, 0.5) is 5.82 Å². The smallest absolute Gasteiger partial charge is 0.328 e. The molecule has 3 N–H and O–H groups in total. The number of hydrogen-bond acceptors (Lipinski definition) is 8. The van der Waals surface area contributed by atoms with Crippen LogP contribution >= 0.6 is 0 Å². The van der Waals surface area contributed by atoms with Gasteiger partial charge in [0, 0.05) is 19.5 Å². The summed E-state index contributed by atoms with van der Waals surface area (Å²) in [7, 11) is 0. The first-order chi connectivity index (χ1) is 16.4. The molecule has 0 aromatic carbocycles. The molecular formula is C24H32N6O4. The zero-order valence-electron chi connectivity index (χ0n) is 19.3. The van der Waals surface area contributed by atoms with Gasteiger partial charge in [0.25, 0.3) is 0 Å². The number of anilines is 1. The van der Waals surface area contributed by atoms with Gasteiger partial charge in [0.2, 0.25) is 5.91 Å². The molecular weight excluding hydrogens is 436 g/mol. The van der Waals surface area contributed by atoms with Gasteiger partial charge in [0.1, 0.15) is 17.9 Å². The number of aryl methyl sites for hydroxylation is 1. The van der Waals surface area contributed by atoms with Crippen LogP contribution in [0.1, 0.15) is 51.4 Å². The Hall–Kier alpha value is -2.75. The first kappa shape index (κ1) is 21.8. The number of ether oxygens (including phenoxy) is 1. The largest absolute Gasteiger partial charge is 0.464 e. The minimum atomic E-state index is -0.697. The normalized spacial score (nSPS) is 34.1. The molecule has 3 heterocycles. The van der Waals surface area contributed by atoms with Crippen LogP contribution in [0.3, 0.4) is 0 Å². The summed E-state index contributed by atoms with van der Waals surface area (Å²) < 4.78 is 7.42. The Kier molecular flexibility index (Phi) is 5.24. The molecule has 10 nitrogen and oxygen atoms in total. The molecule has 0 spiro atoms. The fourth-order valence-electron chi connectivity index (χ4n) is 7.51. The van der Waals surface area contributed by atoms with Crippen molar-refractivity contribution in [1.29, 1.82) is 0 Å². The maximum Gasteiger partial charge on any atom is 0.328 e. The van der Waals surface area contributed by atoms with Crippen molar-refractivity contribution in [2.45, 2.75) is 70.1 Å². The second-order valence-corrected chi connectivity index (χ2v) is 11.0. The highest BCUT2D eigenvalue weighted by Crippen LogP contribution is 2.60. The predicted octanol–water partition coefficient (Wildman–Crippen LogP) is 1.52. The van der Waals surface area contributed by atoms with Crippen molar-refractivity contribution in [2.24, 2.45) is 23.2 Å². The monoisotopic (exact) mass is 468 g/mol. The van der Waals surface area contributed by atoms with Crippen LogP contribution in [0.25, 0.3) is 11.2 Å². The molecule has 5 aliphatic rings. The Labute approximate surface area is 197 Å². The van der Waals surface area contributed by atoms with Gasteiger partial charge < -0.3 is 25.0 Å². The zero-order chi connectivity index (χ0) is 23.4. The summed E-state index contributed by atoms with van der Waals surface area (Å²) >= 11 is 0. The number of carbonyl (C=O) groups excluding carboxylic acids is 2. The number of likely N-dealkylation sites (tertiary alicyclic amines) is 1. The van der Waals surface area contributed by atoms with E-state index in [1.807, 2.05) is 4.57 Å². The van der Waals surface area contributed by atoms with Gasteiger partial charge in [-0.15, -0.1) is 0 Å². The lowest BCUT2D eigenvalue weighted by molar-refractivity contribution is -0.165. The number of hydrogen-bond donors (Lipinski definition) is 2. The molecule has 2 aromatic heterocycles. The number of imidazole rings is 1. The summed E-state index contributed by atoms with van der Waals surface area (Å²) in [6, 6.07) is -0.697. The second-order valence-electron chi connectivity index (χ2n) is 11.0. The van der Waals surface area contributed by atoms with Crippen molar-refractivity contribution < 1.29 is 19.4 Å². The number of rotatable bonds is 6. The molecule has 2 aromatic rings. The lowest BCUT2D eigenvalue weighted by Gasteiger charge is -2.56. The molecule has 182 valence electrons. The second kappa shape index (κ2) is 8.18. The number of aliphatic hydroxyl groups is 1. The van der Waals surface area contributed by atoms with E-state index in [1.54, 1.807) is 11.2 Å². The van der Waals surface area contributed by atoms with Crippen LogP contribution in [0, 0.1) is 23.2 Å². The molecule has 2 atom stereocenters. The average molecular weight is 469 g/mol. The van der Waals surface area contributed by atoms with Gasteiger partial charge in [-0.2, -0.15) is 0 Å². The van der Waals surface area contributed by atoms with Gasteiger partial charge in [-0.1, -0.05) is 0 Å². The van der Waals surface area contributed by atoms with Crippen molar-refractivity contribution in [3.63, 3.8) is 0 Å². The third-order valence-corrected chi connectivity index (χ3v) is 8.52. The van der Waals surface area contributed by atoms with Crippen molar-refractivity contribution in [1.82, 2.24) is 24.4 Å². The molecule has 1 saturated heterocycles. The average Bonchev–Trinajstić information content (AvgIpc) is 3.39. The summed E-state index contributed by atoms with van der Waals surface area (Å²) in [4.78, 5) is 40.8. The van der Waals surface area contributed by atoms with Crippen LogP contribution in [-0.2, 0) is 20.9 Å². The van der Waals surface area contributed by atoms with Crippen molar-refractivity contribution in [2.75, 3.05) is 18.9 Å². The number of nitrogens with zero attached hydrogens (tertiary/aromatic N) is 5. The summed E-state index contributed by atoms with van der Waals surface area (Å²) in [5.41, 5.74) is 6.70. The minimum absolute atomic E-state index is 0.0762. The van der Waals surface area contributed by atoms with Crippen LogP contribution in [0.2, 0.25) is 0 Å². The summed E-state index contributed by atoms with van der Waals surface area (Å²) in [5.74, 6) is 1.93.